The fourth-order valence-corrected chi connectivity index (χ4v) is 3.53. The SMILES string of the molecule is O=C(C1CC=CC1)N1Cc2ccnn2CC(COc2cccnc2)C1. The molecule has 2 aromatic heterocycles. The molecule has 1 unspecified atom stereocenters. The van der Waals surface area contributed by atoms with Crippen LogP contribution in [0.2, 0.25) is 0 Å². The van der Waals surface area contributed by atoms with E-state index in [2.05, 4.69) is 22.2 Å². The van der Waals surface area contributed by atoms with Gasteiger partial charge in [-0.15, -0.1) is 0 Å². The van der Waals surface area contributed by atoms with Crippen LogP contribution in [-0.2, 0) is 17.9 Å². The van der Waals surface area contributed by atoms with Crippen molar-refractivity contribution in [2.75, 3.05) is 13.2 Å². The summed E-state index contributed by atoms with van der Waals surface area (Å²) >= 11 is 0. The zero-order valence-electron chi connectivity index (χ0n) is 14.1. The van der Waals surface area contributed by atoms with Crippen LogP contribution >= 0.6 is 0 Å². The van der Waals surface area contributed by atoms with Crippen molar-refractivity contribution < 1.29 is 9.53 Å². The summed E-state index contributed by atoms with van der Waals surface area (Å²) in [6.07, 6.45) is 11.2. The van der Waals surface area contributed by atoms with Crippen LogP contribution < -0.4 is 4.74 Å². The number of pyridine rings is 1. The molecule has 0 aromatic carbocycles. The number of carbonyl (C=O) groups is 1. The normalized spacial score (nSPS) is 20.3. The van der Waals surface area contributed by atoms with Crippen LogP contribution in [0.25, 0.3) is 0 Å². The lowest BCUT2D eigenvalue weighted by molar-refractivity contribution is -0.136. The first-order chi connectivity index (χ1) is 12.3. The third-order valence-electron chi connectivity index (χ3n) is 4.86. The smallest absolute Gasteiger partial charge is 0.226 e. The highest BCUT2D eigenvalue weighted by molar-refractivity contribution is 5.79. The van der Waals surface area contributed by atoms with Crippen molar-refractivity contribution in [2.45, 2.75) is 25.9 Å². The number of amides is 1. The van der Waals surface area contributed by atoms with Crippen LogP contribution in [0.3, 0.4) is 0 Å². The van der Waals surface area contributed by atoms with E-state index in [1.54, 1.807) is 18.6 Å². The minimum absolute atomic E-state index is 0.0920. The minimum atomic E-state index is 0.0920. The van der Waals surface area contributed by atoms with Gasteiger partial charge in [0.25, 0.3) is 0 Å². The van der Waals surface area contributed by atoms with Gasteiger partial charge in [-0.3, -0.25) is 14.5 Å². The highest BCUT2D eigenvalue weighted by atomic mass is 16.5. The summed E-state index contributed by atoms with van der Waals surface area (Å²) in [6.45, 7) is 2.62. The van der Waals surface area contributed by atoms with E-state index in [-0.39, 0.29) is 17.7 Å². The average molecular weight is 338 g/mol. The second-order valence-corrected chi connectivity index (χ2v) is 6.73. The topological polar surface area (TPSA) is 60.2 Å². The van der Waals surface area contributed by atoms with Crippen LogP contribution in [0.5, 0.6) is 5.75 Å². The highest BCUT2D eigenvalue weighted by Crippen LogP contribution is 2.24. The van der Waals surface area contributed by atoms with E-state index in [0.29, 0.717) is 19.7 Å². The number of hydrogen-bond acceptors (Lipinski definition) is 4. The van der Waals surface area contributed by atoms with Crippen molar-refractivity contribution in [3.05, 3.63) is 54.6 Å². The van der Waals surface area contributed by atoms with Crippen LogP contribution in [0.4, 0.5) is 0 Å². The Morgan fingerprint density at radius 3 is 2.88 bits per heavy atom. The number of nitrogens with zero attached hydrogens (tertiary/aromatic N) is 4. The van der Waals surface area contributed by atoms with Gasteiger partial charge in [0.05, 0.1) is 25.0 Å². The predicted molar refractivity (Wildman–Crippen MR) is 92.7 cm³/mol. The van der Waals surface area contributed by atoms with Gasteiger partial charge in [0.2, 0.25) is 5.91 Å². The van der Waals surface area contributed by atoms with Crippen molar-refractivity contribution in [3.8, 4) is 5.75 Å². The van der Waals surface area contributed by atoms with E-state index in [9.17, 15) is 4.79 Å². The fourth-order valence-electron chi connectivity index (χ4n) is 3.53. The summed E-state index contributed by atoms with van der Waals surface area (Å²) in [5.41, 5.74) is 1.09. The zero-order valence-corrected chi connectivity index (χ0v) is 14.1. The second-order valence-electron chi connectivity index (χ2n) is 6.73. The van der Waals surface area contributed by atoms with Crippen molar-refractivity contribution in [1.82, 2.24) is 19.7 Å². The lowest BCUT2D eigenvalue weighted by Gasteiger charge is -2.26. The van der Waals surface area contributed by atoms with Crippen molar-refractivity contribution in [1.29, 1.82) is 0 Å². The number of carbonyl (C=O) groups excluding carboxylic acids is 1. The number of ether oxygens (including phenoxy) is 1. The molecule has 1 amide bonds. The van der Waals surface area contributed by atoms with Crippen molar-refractivity contribution >= 4 is 5.91 Å². The summed E-state index contributed by atoms with van der Waals surface area (Å²) in [7, 11) is 0. The van der Waals surface area contributed by atoms with Gasteiger partial charge in [0, 0.05) is 37.3 Å². The van der Waals surface area contributed by atoms with E-state index in [0.717, 1.165) is 30.8 Å². The maximum Gasteiger partial charge on any atom is 0.226 e. The summed E-state index contributed by atoms with van der Waals surface area (Å²) in [5, 5.41) is 4.41. The zero-order chi connectivity index (χ0) is 17.1. The molecule has 1 aliphatic heterocycles. The van der Waals surface area contributed by atoms with Crippen LogP contribution in [0.15, 0.2) is 48.9 Å². The quantitative estimate of drug-likeness (QED) is 0.803. The lowest BCUT2D eigenvalue weighted by atomic mass is 10.0. The molecule has 25 heavy (non-hydrogen) atoms. The van der Waals surface area contributed by atoms with Gasteiger partial charge >= 0.3 is 0 Å². The molecule has 0 saturated heterocycles. The van der Waals surface area contributed by atoms with Gasteiger partial charge in [-0.1, -0.05) is 12.2 Å². The first-order valence-corrected chi connectivity index (χ1v) is 8.77. The molecule has 4 rings (SSSR count). The molecule has 2 aliphatic rings. The number of rotatable bonds is 4. The molecular weight excluding hydrogens is 316 g/mol. The third kappa shape index (κ3) is 3.57. The highest BCUT2D eigenvalue weighted by Gasteiger charge is 2.30. The maximum absolute atomic E-state index is 12.9. The summed E-state index contributed by atoms with van der Waals surface area (Å²) < 4.78 is 7.89. The Balaban J connectivity index is 1.48. The van der Waals surface area contributed by atoms with E-state index in [1.807, 2.05) is 27.8 Å². The largest absolute Gasteiger partial charge is 0.492 e. The molecule has 0 radical (unpaired) electrons. The predicted octanol–water partition coefficient (Wildman–Crippen LogP) is 2.28. The Labute approximate surface area is 147 Å². The Hall–Kier alpha value is -2.63. The molecule has 0 spiro atoms. The Morgan fingerprint density at radius 1 is 1.20 bits per heavy atom. The van der Waals surface area contributed by atoms with Gasteiger partial charge in [0.1, 0.15) is 5.75 Å². The number of aromatic nitrogens is 3. The molecular formula is C19H22N4O2. The van der Waals surface area contributed by atoms with E-state index in [1.165, 1.54) is 0 Å². The molecule has 6 heteroatoms. The number of fused-ring (bicyclic) bond motifs is 1. The third-order valence-corrected chi connectivity index (χ3v) is 4.86. The molecule has 2 aromatic rings. The van der Waals surface area contributed by atoms with Gasteiger partial charge < -0.3 is 9.64 Å². The molecule has 6 nitrogen and oxygen atoms in total. The summed E-state index contributed by atoms with van der Waals surface area (Å²) in [5.74, 6) is 1.28. The molecule has 130 valence electrons. The number of allylic oxidation sites excluding steroid dienone is 2. The van der Waals surface area contributed by atoms with Gasteiger partial charge in [0.15, 0.2) is 0 Å². The van der Waals surface area contributed by atoms with Gasteiger partial charge in [-0.2, -0.15) is 5.10 Å². The molecule has 0 bridgehead atoms. The van der Waals surface area contributed by atoms with Crippen molar-refractivity contribution in [3.63, 3.8) is 0 Å². The summed E-state index contributed by atoms with van der Waals surface area (Å²) in [6, 6.07) is 5.75. The van der Waals surface area contributed by atoms with Crippen molar-refractivity contribution in [2.24, 2.45) is 11.8 Å². The molecule has 0 saturated carbocycles. The maximum atomic E-state index is 12.9. The molecule has 1 aliphatic carbocycles. The average Bonchev–Trinajstić information content (AvgIpc) is 3.29. The summed E-state index contributed by atoms with van der Waals surface area (Å²) in [4.78, 5) is 19.0. The second kappa shape index (κ2) is 7.09. The molecule has 3 heterocycles. The molecule has 0 fully saturated rings. The Morgan fingerprint density at radius 2 is 2.08 bits per heavy atom. The van der Waals surface area contributed by atoms with Gasteiger partial charge in [-0.25, -0.2) is 0 Å². The molecule has 0 N–H and O–H groups in total. The van der Waals surface area contributed by atoms with Crippen LogP contribution in [0, 0.1) is 11.8 Å². The first-order valence-electron chi connectivity index (χ1n) is 8.77. The van der Waals surface area contributed by atoms with E-state index >= 15 is 0 Å². The van der Waals surface area contributed by atoms with E-state index < -0.39 is 0 Å². The van der Waals surface area contributed by atoms with Crippen LogP contribution in [-0.4, -0.2) is 38.7 Å². The Bertz CT molecular complexity index is 748. The van der Waals surface area contributed by atoms with E-state index in [4.69, 9.17) is 4.74 Å². The first kappa shape index (κ1) is 15.9. The molecule has 1 atom stereocenters. The van der Waals surface area contributed by atoms with Gasteiger partial charge in [-0.05, 0) is 31.0 Å². The monoisotopic (exact) mass is 338 g/mol. The lowest BCUT2D eigenvalue weighted by Crippen LogP contribution is -2.38. The standard InChI is InChI=1S/C19H22N4O2/c24-19(16-4-1-2-5-16)22-11-15(12-23-17(13-22)7-9-21-23)14-25-18-6-3-8-20-10-18/h1-3,6-10,15-16H,4-5,11-14H2. The minimum Gasteiger partial charge on any atom is -0.492 e. The Kier molecular flexibility index (Phi) is 4.50. The van der Waals surface area contributed by atoms with Crippen LogP contribution in [0.1, 0.15) is 18.5 Å². The fraction of sp³-hybridized carbons (Fsp3) is 0.421. The number of hydrogen-bond donors (Lipinski definition) is 0.